The van der Waals surface area contributed by atoms with E-state index >= 15 is 0 Å². The number of aliphatic carboxylic acids is 1. The molecule has 1 N–H and O–H groups in total. The first-order valence-corrected chi connectivity index (χ1v) is 8.56. The molecule has 0 aliphatic carbocycles. The van der Waals surface area contributed by atoms with Gasteiger partial charge in [-0.05, 0) is 50.2 Å². The van der Waals surface area contributed by atoms with Crippen molar-refractivity contribution in [3.05, 3.63) is 54.4 Å². The van der Waals surface area contributed by atoms with E-state index in [0.717, 1.165) is 18.8 Å². The lowest BCUT2D eigenvalue weighted by atomic mass is 10.2. The van der Waals surface area contributed by atoms with Crippen LogP contribution in [0.15, 0.2) is 58.9 Å². The van der Waals surface area contributed by atoms with Crippen LogP contribution < -0.4 is 4.90 Å². The zero-order chi connectivity index (χ0) is 18.5. The van der Waals surface area contributed by atoms with Crippen LogP contribution in [0.5, 0.6) is 0 Å². The molecule has 26 heavy (non-hydrogen) atoms. The Morgan fingerprint density at radius 1 is 1.12 bits per heavy atom. The van der Waals surface area contributed by atoms with Gasteiger partial charge < -0.3 is 10.0 Å². The summed E-state index contributed by atoms with van der Waals surface area (Å²) < 4.78 is 1.74. The molecule has 3 rings (SSSR count). The number of carboxylic acid groups (broad SMARTS) is 1. The number of nitrogens with zero attached hydrogens (tertiary/aromatic N) is 5. The number of hydrogen-bond donors (Lipinski definition) is 1. The summed E-state index contributed by atoms with van der Waals surface area (Å²) in [4.78, 5) is 17.7. The molecule has 0 radical (unpaired) electrons. The van der Waals surface area contributed by atoms with Crippen molar-refractivity contribution in [3.63, 3.8) is 0 Å². The van der Waals surface area contributed by atoms with Gasteiger partial charge in [-0.25, -0.2) is 4.98 Å². The Morgan fingerprint density at radius 3 is 2.50 bits per heavy atom. The highest BCUT2D eigenvalue weighted by atomic mass is 16.4. The molecule has 0 atom stereocenters. The number of carbonyl (C=O) groups is 1. The molecule has 0 aliphatic rings. The van der Waals surface area contributed by atoms with E-state index in [1.165, 1.54) is 0 Å². The van der Waals surface area contributed by atoms with E-state index in [-0.39, 0.29) is 6.42 Å². The van der Waals surface area contributed by atoms with Gasteiger partial charge in [-0.1, -0.05) is 6.07 Å². The fraction of sp³-hybridized carbons (Fsp3) is 0.263. The van der Waals surface area contributed by atoms with E-state index in [4.69, 9.17) is 5.11 Å². The smallest absolute Gasteiger partial charge is 0.309 e. The molecule has 3 aromatic rings. The average molecular weight is 351 g/mol. The number of pyridine rings is 1. The van der Waals surface area contributed by atoms with Crippen LogP contribution >= 0.6 is 0 Å². The molecule has 2 heterocycles. The summed E-state index contributed by atoms with van der Waals surface area (Å²) >= 11 is 0. The third-order valence-electron chi connectivity index (χ3n) is 4.13. The van der Waals surface area contributed by atoms with Gasteiger partial charge in [0.2, 0.25) is 0 Å². The Bertz CT molecular complexity index is 927. The quantitative estimate of drug-likeness (QED) is 0.646. The fourth-order valence-electron chi connectivity index (χ4n) is 2.82. The molecule has 7 heteroatoms. The van der Waals surface area contributed by atoms with Crippen molar-refractivity contribution >= 4 is 28.8 Å². The minimum absolute atomic E-state index is 0.197. The van der Waals surface area contributed by atoms with E-state index < -0.39 is 5.97 Å². The van der Waals surface area contributed by atoms with Crippen molar-refractivity contribution in [2.75, 3.05) is 18.0 Å². The Hall–Kier alpha value is -3.22. The molecular formula is C19H21N5O2. The summed E-state index contributed by atoms with van der Waals surface area (Å²) in [5.74, 6) is -0.510. The number of carboxylic acids is 1. The van der Waals surface area contributed by atoms with Crippen LogP contribution in [0, 0.1) is 0 Å². The fourth-order valence-corrected chi connectivity index (χ4v) is 2.82. The summed E-state index contributed by atoms with van der Waals surface area (Å²) in [7, 11) is 0. The van der Waals surface area contributed by atoms with Crippen LogP contribution in [0.1, 0.15) is 19.5 Å². The number of rotatable bonds is 7. The molecule has 7 nitrogen and oxygen atoms in total. The van der Waals surface area contributed by atoms with Gasteiger partial charge in [0.1, 0.15) is 5.65 Å². The Kier molecular flexibility index (Phi) is 5.26. The Morgan fingerprint density at radius 2 is 1.85 bits per heavy atom. The maximum absolute atomic E-state index is 11.1. The molecule has 0 saturated carbocycles. The number of benzene rings is 1. The first-order chi connectivity index (χ1) is 12.6. The van der Waals surface area contributed by atoms with Gasteiger partial charge in [0.15, 0.2) is 5.82 Å². The van der Waals surface area contributed by atoms with Crippen molar-refractivity contribution < 1.29 is 9.90 Å². The van der Waals surface area contributed by atoms with Gasteiger partial charge in [-0.3, -0.25) is 9.20 Å². The highest BCUT2D eigenvalue weighted by Crippen LogP contribution is 2.26. The second-order valence-electron chi connectivity index (χ2n) is 5.77. The molecule has 0 spiro atoms. The van der Waals surface area contributed by atoms with Crippen molar-refractivity contribution in [1.29, 1.82) is 0 Å². The maximum Gasteiger partial charge on any atom is 0.309 e. The van der Waals surface area contributed by atoms with Crippen molar-refractivity contribution in [2.24, 2.45) is 10.2 Å². The van der Waals surface area contributed by atoms with Crippen LogP contribution in [0.4, 0.5) is 17.2 Å². The minimum Gasteiger partial charge on any atom is -0.481 e. The Labute approximate surface area is 151 Å². The topological polar surface area (TPSA) is 82.6 Å². The zero-order valence-corrected chi connectivity index (χ0v) is 14.8. The lowest BCUT2D eigenvalue weighted by molar-refractivity contribution is -0.136. The molecule has 0 amide bonds. The number of aromatic nitrogens is 2. The van der Waals surface area contributed by atoms with Gasteiger partial charge in [0.25, 0.3) is 0 Å². The first kappa shape index (κ1) is 17.6. The van der Waals surface area contributed by atoms with Crippen LogP contribution in [0.3, 0.4) is 0 Å². The molecule has 0 aliphatic heterocycles. The number of anilines is 1. The van der Waals surface area contributed by atoms with Gasteiger partial charge in [-0.2, -0.15) is 0 Å². The van der Waals surface area contributed by atoms with Crippen LogP contribution in [-0.2, 0) is 11.2 Å². The van der Waals surface area contributed by atoms with Gasteiger partial charge in [-0.15, -0.1) is 10.2 Å². The summed E-state index contributed by atoms with van der Waals surface area (Å²) in [6.45, 7) is 6.12. The second-order valence-corrected chi connectivity index (χ2v) is 5.77. The summed E-state index contributed by atoms with van der Waals surface area (Å²) in [5, 5.41) is 17.7. The predicted octanol–water partition coefficient (Wildman–Crippen LogP) is 4.22. The number of hydrogen-bond acceptors (Lipinski definition) is 5. The normalized spacial score (nSPS) is 11.3. The molecule has 1 aromatic carbocycles. The number of azo groups is 1. The molecule has 0 bridgehead atoms. The monoisotopic (exact) mass is 351 g/mol. The summed E-state index contributed by atoms with van der Waals surface area (Å²) in [5.41, 5.74) is 2.88. The molecule has 0 unspecified atom stereocenters. The molecule has 134 valence electrons. The van der Waals surface area contributed by atoms with Crippen molar-refractivity contribution in [2.45, 2.75) is 20.3 Å². The maximum atomic E-state index is 11.1. The lowest BCUT2D eigenvalue weighted by Crippen LogP contribution is -2.21. The minimum atomic E-state index is -0.951. The van der Waals surface area contributed by atoms with Gasteiger partial charge >= 0.3 is 5.97 Å². The van der Waals surface area contributed by atoms with Crippen LogP contribution in [0.2, 0.25) is 0 Å². The van der Waals surface area contributed by atoms with Gasteiger partial charge in [0, 0.05) is 25.0 Å². The molecular weight excluding hydrogens is 330 g/mol. The number of fused-ring (bicyclic) bond motifs is 1. The Balaban J connectivity index is 1.91. The van der Waals surface area contributed by atoms with E-state index in [1.54, 1.807) is 10.6 Å². The summed E-state index contributed by atoms with van der Waals surface area (Å²) in [6.07, 6.45) is 1.60. The van der Waals surface area contributed by atoms with Crippen molar-refractivity contribution in [3.8, 4) is 0 Å². The highest BCUT2D eigenvalue weighted by Gasteiger charge is 2.14. The first-order valence-electron chi connectivity index (χ1n) is 8.56. The average Bonchev–Trinajstić information content (AvgIpc) is 2.98. The standard InChI is InChI=1S/C19H21N5O2/c1-3-23(4-2)15-10-8-14(9-11-15)21-22-19-16(13-18(25)26)20-17-7-5-6-12-24(17)19/h5-12H,3-4,13H2,1-2H3,(H,25,26). The molecule has 0 saturated heterocycles. The lowest BCUT2D eigenvalue weighted by Gasteiger charge is -2.20. The van der Waals surface area contributed by atoms with E-state index in [2.05, 4.69) is 34.0 Å². The zero-order valence-electron chi connectivity index (χ0n) is 14.8. The van der Waals surface area contributed by atoms with E-state index in [9.17, 15) is 4.79 Å². The SMILES string of the molecule is CCN(CC)c1ccc(N=Nc2c(CC(=O)O)nc3ccccn23)cc1. The summed E-state index contributed by atoms with van der Waals surface area (Å²) in [6, 6.07) is 13.3. The molecule has 2 aromatic heterocycles. The van der Waals surface area contributed by atoms with E-state index in [1.807, 2.05) is 42.5 Å². The predicted molar refractivity (Wildman–Crippen MR) is 101 cm³/mol. The van der Waals surface area contributed by atoms with Crippen LogP contribution in [-0.4, -0.2) is 33.6 Å². The largest absolute Gasteiger partial charge is 0.481 e. The van der Waals surface area contributed by atoms with Crippen molar-refractivity contribution in [1.82, 2.24) is 9.38 Å². The third-order valence-corrected chi connectivity index (χ3v) is 4.13. The third kappa shape index (κ3) is 3.72. The van der Waals surface area contributed by atoms with Crippen LogP contribution in [0.25, 0.3) is 5.65 Å². The number of imidazole rings is 1. The van der Waals surface area contributed by atoms with E-state index in [0.29, 0.717) is 22.8 Å². The molecule has 0 fully saturated rings. The highest BCUT2D eigenvalue weighted by molar-refractivity contribution is 5.72. The van der Waals surface area contributed by atoms with Gasteiger partial charge in [0.05, 0.1) is 17.8 Å². The second kappa shape index (κ2) is 7.77.